The van der Waals surface area contributed by atoms with E-state index in [1.807, 2.05) is 25.2 Å². The van der Waals surface area contributed by atoms with Crippen molar-refractivity contribution in [3.05, 3.63) is 29.8 Å². The van der Waals surface area contributed by atoms with E-state index in [2.05, 4.69) is 32.2 Å². The highest BCUT2D eigenvalue weighted by molar-refractivity contribution is 5.35. The molecule has 2 heteroatoms. The van der Waals surface area contributed by atoms with Crippen LogP contribution in [0.1, 0.15) is 38.8 Å². The maximum absolute atomic E-state index is 5.88. The van der Waals surface area contributed by atoms with Crippen molar-refractivity contribution in [2.75, 3.05) is 7.05 Å². The van der Waals surface area contributed by atoms with Crippen molar-refractivity contribution in [2.45, 2.75) is 39.3 Å². The third-order valence-corrected chi connectivity index (χ3v) is 2.72. The molecule has 1 rings (SSSR count). The normalized spacial score (nSPS) is 14.7. The number of rotatable bonds is 5. The van der Waals surface area contributed by atoms with Crippen molar-refractivity contribution in [2.24, 2.45) is 0 Å². The van der Waals surface area contributed by atoms with Crippen LogP contribution in [0.4, 0.5) is 0 Å². The summed E-state index contributed by atoms with van der Waals surface area (Å²) in [6.45, 7) is 6.37. The van der Waals surface area contributed by atoms with Crippen molar-refractivity contribution in [1.82, 2.24) is 5.32 Å². The minimum Gasteiger partial charge on any atom is -0.490 e. The Balaban J connectivity index is 2.86. The molecule has 0 spiro atoms. The Morgan fingerprint density at radius 3 is 2.53 bits per heavy atom. The van der Waals surface area contributed by atoms with Gasteiger partial charge in [-0.05, 0) is 33.4 Å². The molecule has 0 aliphatic heterocycles. The van der Waals surface area contributed by atoms with E-state index in [-0.39, 0.29) is 6.10 Å². The number of nitrogens with one attached hydrogen (secondary N) is 1. The van der Waals surface area contributed by atoms with Gasteiger partial charge in [-0.2, -0.15) is 0 Å². The van der Waals surface area contributed by atoms with Gasteiger partial charge in [-0.1, -0.05) is 25.1 Å². The van der Waals surface area contributed by atoms with E-state index in [9.17, 15) is 0 Å². The van der Waals surface area contributed by atoms with Crippen LogP contribution in [0.3, 0.4) is 0 Å². The number of ether oxygens (including phenoxy) is 1. The summed E-state index contributed by atoms with van der Waals surface area (Å²) < 4.78 is 5.88. The molecule has 2 nitrogen and oxygen atoms in total. The summed E-state index contributed by atoms with van der Waals surface area (Å²) in [4.78, 5) is 0. The van der Waals surface area contributed by atoms with E-state index in [4.69, 9.17) is 4.74 Å². The molecule has 0 fully saturated rings. The summed E-state index contributed by atoms with van der Waals surface area (Å²) in [5.74, 6) is 0.994. The van der Waals surface area contributed by atoms with Crippen LogP contribution in [0.5, 0.6) is 5.75 Å². The van der Waals surface area contributed by atoms with Gasteiger partial charge in [0.25, 0.3) is 0 Å². The van der Waals surface area contributed by atoms with E-state index >= 15 is 0 Å². The first-order valence-corrected chi connectivity index (χ1v) is 5.61. The fourth-order valence-electron chi connectivity index (χ4n) is 1.40. The van der Waals surface area contributed by atoms with Gasteiger partial charge in [0.2, 0.25) is 0 Å². The summed E-state index contributed by atoms with van der Waals surface area (Å²) in [6.07, 6.45) is 1.30. The molecular formula is C13H21NO. The van der Waals surface area contributed by atoms with Crippen LogP contribution in [0.15, 0.2) is 24.3 Å². The largest absolute Gasteiger partial charge is 0.490 e. The first-order chi connectivity index (χ1) is 7.19. The van der Waals surface area contributed by atoms with Crippen LogP contribution in [0.2, 0.25) is 0 Å². The smallest absolute Gasteiger partial charge is 0.124 e. The SMILES string of the molecule is CC[C@@H](C)Oc1ccccc1[C@@H](C)NC. The molecular weight excluding hydrogens is 186 g/mol. The molecule has 0 unspecified atom stereocenters. The van der Waals surface area contributed by atoms with E-state index in [0.29, 0.717) is 6.04 Å². The van der Waals surface area contributed by atoms with E-state index < -0.39 is 0 Å². The third kappa shape index (κ3) is 3.24. The minimum atomic E-state index is 0.273. The van der Waals surface area contributed by atoms with Crippen LogP contribution < -0.4 is 10.1 Å². The van der Waals surface area contributed by atoms with Crippen LogP contribution in [-0.2, 0) is 0 Å². The van der Waals surface area contributed by atoms with Crippen LogP contribution >= 0.6 is 0 Å². The van der Waals surface area contributed by atoms with E-state index in [1.54, 1.807) is 0 Å². The van der Waals surface area contributed by atoms with Crippen LogP contribution in [0, 0.1) is 0 Å². The average molecular weight is 207 g/mol. The molecule has 2 atom stereocenters. The highest BCUT2D eigenvalue weighted by Gasteiger charge is 2.10. The maximum Gasteiger partial charge on any atom is 0.124 e. The van der Waals surface area contributed by atoms with Crippen molar-refractivity contribution in [1.29, 1.82) is 0 Å². The lowest BCUT2D eigenvalue weighted by molar-refractivity contribution is 0.214. The molecule has 0 aliphatic carbocycles. The Morgan fingerprint density at radius 1 is 1.27 bits per heavy atom. The Morgan fingerprint density at radius 2 is 1.93 bits per heavy atom. The highest BCUT2D eigenvalue weighted by atomic mass is 16.5. The fraction of sp³-hybridized carbons (Fsp3) is 0.538. The van der Waals surface area contributed by atoms with Gasteiger partial charge in [-0.25, -0.2) is 0 Å². The summed E-state index contributed by atoms with van der Waals surface area (Å²) in [6, 6.07) is 8.54. The number of hydrogen-bond acceptors (Lipinski definition) is 2. The van der Waals surface area contributed by atoms with Gasteiger partial charge < -0.3 is 10.1 Å². The molecule has 0 amide bonds. The summed E-state index contributed by atoms with van der Waals surface area (Å²) in [5.41, 5.74) is 1.22. The molecule has 84 valence electrons. The molecule has 0 aromatic heterocycles. The number of benzene rings is 1. The van der Waals surface area contributed by atoms with Crippen molar-refractivity contribution < 1.29 is 4.74 Å². The Kier molecular flexibility index (Phi) is 4.63. The first-order valence-electron chi connectivity index (χ1n) is 5.61. The van der Waals surface area contributed by atoms with Crippen molar-refractivity contribution in [3.63, 3.8) is 0 Å². The lowest BCUT2D eigenvalue weighted by Crippen LogP contribution is -2.16. The fourth-order valence-corrected chi connectivity index (χ4v) is 1.40. The Labute approximate surface area is 92.6 Å². The van der Waals surface area contributed by atoms with Gasteiger partial charge in [0.05, 0.1) is 6.10 Å². The Hall–Kier alpha value is -1.02. The second-order valence-corrected chi connectivity index (χ2v) is 3.88. The zero-order valence-electron chi connectivity index (χ0n) is 10.1. The van der Waals surface area contributed by atoms with Gasteiger partial charge in [0.1, 0.15) is 5.75 Å². The quantitative estimate of drug-likeness (QED) is 0.801. The molecule has 0 radical (unpaired) electrons. The van der Waals surface area contributed by atoms with Crippen LogP contribution in [0.25, 0.3) is 0 Å². The maximum atomic E-state index is 5.88. The van der Waals surface area contributed by atoms with Gasteiger partial charge in [-0.15, -0.1) is 0 Å². The van der Waals surface area contributed by atoms with Crippen LogP contribution in [-0.4, -0.2) is 13.2 Å². The van der Waals surface area contributed by atoms with Crippen molar-refractivity contribution >= 4 is 0 Å². The molecule has 1 aromatic carbocycles. The Bertz CT molecular complexity index is 298. The molecule has 15 heavy (non-hydrogen) atoms. The number of hydrogen-bond donors (Lipinski definition) is 1. The van der Waals surface area contributed by atoms with Gasteiger partial charge >= 0.3 is 0 Å². The minimum absolute atomic E-state index is 0.273. The molecule has 0 bridgehead atoms. The highest BCUT2D eigenvalue weighted by Crippen LogP contribution is 2.25. The molecule has 0 saturated heterocycles. The second kappa shape index (κ2) is 5.76. The monoisotopic (exact) mass is 207 g/mol. The van der Waals surface area contributed by atoms with Gasteiger partial charge in [0.15, 0.2) is 0 Å². The molecule has 1 N–H and O–H groups in total. The zero-order valence-corrected chi connectivity index (χ0v) is 10.1. The lowest BCUT2D eigenvalue weighted by atomic mass is 10.1. The predicted octanol–water partition coefficient (Wildman–Crippen LogP) is 3.14. The second-order valence-electron chi connectivity index (χ2n) is 3.88. The topological polar surface area (TPSA) is 21.3 Å². The molecule has 0 aliphatic rings. The zero-order chi connectivity index (χ0) is 11.3. The van der Waals surface area contributed by atoms with Crippen molar-refractivity contribution in [3.8, 4) is 5.75 Å². The first kappa shape index (κ1) is 12.1. The molecule has 0 saturated carbocycles. The summed E-state index contributed by atoms with van der Waals surface area (Å²) in [7, 11) is 1.96. The molecule has 1 aromatic rings. The van der Waals surface area contributed by atoms with E-state index in [1.165, 1.54) is 5.56 Å². The van der Waals surface area contributed by atoms with E-state index in [0.717, 1.165) is 12.2 Å². The summed E-state index contributed by atoms with van der Waals surface area (Å²) >= 11 is 0. The third-order valence-electron chi connectivity index (χ3n) is 2.72. The average Bonchev–Trinajstić information content (AvgIpc) is 2.28. The molecule has 0 heterocycles. The lowest BCUT2D eigenvalue weighted by Gasteiger charge is -2.19. The standard InChI is InChI=1S/C13H21NO/c1-5-10(2)15-13-9-7-6-8-12(13)11(3)14-4/h6-11,14H,5H2,1-4H3/t10-,11-/m1/s1. The van der Waals surface area contributed by atoms with Gasteiger partial charge in [-0.3, -0.25) is 0 Å². The number of para-hydroxylation sites is 1. The van der Waals surface area contributed by atoms with Gasteiger partial charge in [0, 0.05) is 11.6 Å². The summed E-state index contributed by atoms with van der Waals surface area (Å²) in [5, 5.41) is 3.23. The predicted molar refractivity (Wildman–Crippen MR) is 64.3 cm³/mol.